The first-order valence-electron chi connectivity index (χ1n) is 7.02. The fraction of sp³-hybridized carbons (Fsp3) is 0.714. The maximum atomic E-state index is 6.42. The van der Waals surface area contributed by atoms with Crippen LogP contribution in [0.4, 0.5) is 0 Å². The minimum Gasteiger partial charge on any atom is -0.326 e. The Labute approximate surface area is 133 Å². The van der Waals surface area contributed by atoms with Crippen molar-refractivity contribution in [3.05, 3.63) is 20.8 Å². The van der Waals surface area contributed by atoms with Gasteiger partial charge in [-0.2, -0.15) is 11.8 Å². The maximum Gasteiger partial charge on any atom is 0.0702 e. The average Bonchev–Trinajstić information content (AvgIpc) is 2.85. The molecule has 0 amide bonds. The Morgan fingerprint density at radius 1 is 1.47 bits per heavy atom. The van der Waals surface area contributed by atoms with E-state index in [2.05, 4.69) is 58.6 Å². The summed E-state index contributed by atoms with van der Waals surface area (Å²) in [4.78, 5) is 4.01. The molecule has 1 aromatic heterocycles. The van der Waals surface area contributed by atoms with Crippen molar-refractivity contribution in [3.8, 4) is 0 Å². The van der Waals surface area contributed by atoms with Gasteiger partial charge in [0.05, 0.1) is 9.83 Å². The van der Waals surface area contributed by atoms with Crippen LogP contribution in [-0.2, 0) is 0 Å². The predicted octanol–water partition coefficient (Wildman–Crippen LogP) is 4.12. The number of nitrogens with zero attached hydrogens (tertiary/aromatic N) is 1. The molecule has 0 radical (unpaired) electrons. The van der Waals surface area contributed by atoms with Crippen molar-refractivity contribution in [1.82, 2.24) is 4.90 Å². The van der Waals surface area contributed by atoms with Crippen molar-refractivity contribution in [2.75, 3.05) is 18.8 Å². The van der Waals surface area contributed by atoms with Gasteiger partial charge < -0.3 is 5.73 Å². The summed E-state index contributed by atoms with van der Waals surface area (Å²) in [5, 5.41) is 0.767. The van der Waals surface area contributed by atoms with Crippen molar-refractivity contribution in [2.45, 2.75) is 44.0 Å². The first-order chi connectivity index (χ1) is 9.15. The van der Waals surface area contributed by atoms with E-state index in [0.717, 1.165) is 18.2 Å². The van der Waals surface area contributed by atoms with Crippen LogP contribution in [0.1, 0.15) is 37.6 Å². The van der Waals surface area contributed by atoms with E-state index in [-0.39, 0.29) is 6.04 Å². The molecule has 0 aliphatic carbocycles. The SMILES string of the molecule is CCC1CN(C(c2ccc(Br)s2)C(N)CC)CCS1. The van der Waals surface area contributed by atoms with Crippen LogP contribution in [0, 0.1) is 0 Å². The van der Waals surface area contributed by atoms with E-state index in [1.54, 1.807) is 0 Å². The molecule has 5 heteroatoms. The first kappa shape index (κ1) is 15.8. The molecular weight excluding hydrogens is 340 g/mol. The molecule has 0 spiro atoms. The third-order valence-corrected chi connectivity index (χ3v) is 6.85. The van der Waals surface area contributed by atoms with Crippen LogP contribution in [0.5, 0.6) is 0 Å². The number of halogens is 1. The highest BCUT2D eigenvalue weighted by atomic mass is 79.9. The summed E-state index contributed by atoms with van der Waals surface area (Å²) in [5.41, 5.74) is 6.42. The molecule has 3 atom stereocenters. The number of rotatable bonds is 5. The van der Waals surface area contributed by atoms with Crippen LogP contribution in [0.25, 0.3) is 0 Å². The van der Waals surface area contributed by atoms with E-state index in [4.69, 9.17) is 5.73 Å². The molecule has 2 N–H and O–H groups in total. The van der Waals surface area contributed by atoms with Gasteiger partial charge >= 0.3 is 0 Å². The zero-order valence-electron chi connectivity index (χ0n) is 11.6. The van der Waals surface area contributed by atoms with Gasteiger partial charge in [-0.15, -0.1) is 11.3 Å². The van der Waals surface area contributed by atoms with Crippen LogP contribution in [0.2, 0.25) is 0 Å². The Bertz CT molecular complexity index is 397. The molecule has 19 heavy (non-hydrogen) atoms. The third kappa shape index (κ3) is 3.97. The Kier molecular flexibility index (Phi) is 6.21. The molecule has 2 rings (SSSR count). The van der Waals surface area contributed by atoms with E-state index in [1.807, 2.05) is 11.3 Å². The summed E-state index contributed by atoms with van der Waals surface area (Å²) in [6.45, 7) is 6.82. The zero-order chi connectivity index (χ0) is 13.8. The molecular formula is C14H23BrN2S2. The van der Waals surface area contributed by atoms with Crippen LogP contribution in [0.15, 0.2) is 15.9 Å². The lowest BCUT2D eigenvalue weighted by atomic mass is 10.0. The van der Waals surface area contributed by atoms with E-state index < -0.39 is 0 Å². The molecule has 108 valence electrons. The molecule has 1 aliphatic rings. The Morgan fingerprint density at radius 2 is 2.26 bits per heavy atom. The molecule has 0 bridgehead atoms. The predicted molar refractivity (Wildman–Crippen MR) is 91.1 cm³/mol. The smallest absolute Gasteiger partial charge is 0.0702 e. The van der Waals surface area contributed by atoms with Gasteiger partial charge in [0.2, 0.25) is 0 Å². The fourth-order valence-corrected chi connectivity index (χ4v) is 5.45. The van der Waals surface area contributed by atoms with Crippen molar-refractivity contribution in [1.29, 1.82) is 0 Å². The van der Waals surface area contributed by atoms with Crippen LogP contribution in [0.3, 0.4) is 0 Å². The fourth-order valence-electron chi connectivity index (χ4n) is 2.61. The van der Waals surface area contributed by atoms with Gasteiger partial charge in [0.1, 0.15) is 0 Å². The summed E-state index contributed by atoms with van der Waals surface area (Å²) in [6.07, 6.45) is 2.28. The van der Waals surface area contributed by atoms with Gasteiger partial charge in [-0.3, -0.25) is 4.90 Å². The number of nitrogens with two attached hydrogens (primary N) is 1. The average molecular weight is 363 g/mol. The van der Waals surface area contributed by atoms with Gasteiger partial charge in [0, 0.05) is 35.0 Å². The Hall–Kier alpha value is 0.450. The van der Waals surface area contributed by atoms with Crippen molar-refractivity contribution >= 4 is 39.0 Å². The van der Waals surface area contributed by atoms with E-state index in [9.17, 15) is 0 Å². The molecule has 2 heterocycles. The van der Waals surface area contributed by atoms with Gasteiger partial charge in [0.15, 0.2) is 0 Å². The Morgan fingerprint density at radius 3 is 2.84 bits per heavy atom. The lowest BCUT2D eigenvalue weighted by Crippen LogP contribution is -2.46. The number of thiophene rings is 1. The monoisotopic (exact) mass is 362 g/mol. The number of hydrogen-bond donors (Lipinski definition) is 1. The maximum absolute atomic E-state index is 6.42. The minimum absolute atomic E-state index is 0.228. The van der Waals surface area contributed by atoms with Crippen LogP contribution < -0.4 is 5.73 Å². The topological polar surface area (TPSA) is 29.3 Å². The summed E-state index contributed by atoms with van der Waals surface area (Å²) in [5.74, 6) is 1.23. The van der Waals surface area contributed by atoms with Crippen LogP contribution in [-0.4, -0.2) is 35.0 Å². The molecule has 1 saturated heterocycles. The highest BCUT2D eigenvalue weighted by Gasteiger charge is 2.30. The number of thioether (sulfide) groups is 1. The largest absolute Gasteiger partial charge is 0.326 e. The lowest BCUT2D eigenvalue weighted by molar-refractivity contribution is 0.177. The normalized spacial score (nSPS) is 24.3. The molecule has 1 aliphatic heterocycles. The zero-order valence-corrected chi connectivity index (χ0v) is 14.9. The summed E-state index contributed by atoms with van der Waals surface area (Å²) >= 11 is 7.52. The molecule has 1 fully saturated rings. The lowest BCUT2D eigenvalue weighted by Gasteiger charge is -2.39. The quantitative estimate of drug-likeness (QED) is 0.853. The van der Waals surface area contributed by atoms with Gasteiger partial charge in [-0.25, -0.2) is 0 Å². The van der Waals surface area contributed by atoms with Crippen molar-refractivity contribution < 1.29 is 0 Å². The highest BCUT2D eigenvalue weighted by molar-refractivity contribution is 9.11. The number of hydrogen-bond acceptors (Lipinski definition) is 4. The molecule has 0 saturated carbocycles. The Balaban J connectivity index is 2.17. The molecule has 3 unspecified atom stereocenters. The van der Waals surface area contributed by atoms with Crippen LogP contribution >= 0.6 is 39.0 Å². The second kappa shape index (κ2) is 7.46. The second-order valence-corrected chi connectivity index (χ2v) is 8.96. The van der Waals surface area contributed by atoms with E-state index in [0.29, 0.717) is 6.04 Å². The molecule has 1 aromatic rings. The standard InChI is InChI=1S/C14H23BrN2S2/c1-3-10-9-17(7-8-18-10)14(11(16)4-2)12-5-6-13(15)19-12/h5-6,10-11,14H,3-4,7-9,16H2,1-2H3. The molecule has 0 aromatic carbocycles. The van der Waals surface area contributed by atoms with E-state index >= 15 is 0 Å². The van der Waals surface area contributed by atoms with Gasteiger partial charge in [0.25, 0.3) is 0 Å². The summed E-state index contributed by atoms with van der Waals surface area (Å²) in [7, 11) is 0. The van der Waals surface area contributed by atoms with Crippen molar-refractivity contribution in [3.63, 3.8) is 0 Å². The molecule has 2 nitrogen and oxygen atoms in total. The summed E-state index contributed by atoms with van der Waals surface area (Å²) < 4.78 is 1.20. The highest BCUT2D eigenvalue weighted by Crippen LogP contribution is 2.36. The third-order valence-electron chi connectivity index (χ3n) is 3.78. The summed E-state index contributed by atoms with van der Waals surface area (Å²) in [6, 6.07) is 4.99. The second-order valence-electron chi connectivity index (χ2n) is 5.05. The van der Waals surface area contributed by atoms with Gasteiger partial charge in [-0.05, 0) is 40.9 Å². The van der Waals surface area contributed by atoms with E-state index in [1.165, 1.54) is 27.4 Å². The first-order valence-corrected chi connectivity index (χ1v) is 9.68. The minimum atomic E-state index is 0.228. The van der Waals surface area contributed by atoms with Gasteiger partial charge in [-0.1, -0.05) is 13.8 Å². The van der Waals surface area contributed by atoms with Crippen molar-refractivity contribution in [2.24, 2.45) is 5.73 Å².